The third-order valence-electron chi connectivity index (χ3n) is 0.660. The van der Waals surface area contributed by atoms with Crippen molar-refractivity contribution in [1.82, 2.24) is 0 Å². The Balaban J connectivity index is 2.21. The van der Waals surface area contributed by atoms with Gasteiger partial charge in [0, 0.05) is 0 Å². The van der Waals surface area contributed by atoms with E-state index in [1.54, 1.807) is 0 Å². The molecule has 1 aliphatic carbocycles. The minimum atomic E-state index is 0.495. The van der Waals surface area contributed by atoms with Crippen LogP contribution in [0, 0.1) is 0 Å². The van der Waals surface area contributed by atoms with E-state index in [0.29, 0.717) is 5.25 Å². The van der Waals surface area contributed by atoms with E-state index in [-0.39, 0.29) is 0 Å². The fourth-order valence-corrected chi connectivity index (χ4v) is 0.493. The predicted octanol–water partition coefficient (Wildman–Crippen LogP) is 0.362. The van der Waals surface area contributed by atoms with E-state index in [1.807, 2.05) is 0 Å². The summed E-state index contributed by atoms with van der Waals surface area (Å²) in [6, 6.07) is 0. The molecule has 1 nitrogen and oxygen atoms in total. The van der Waals surface area contributed by atoms with Crippen LogP contribution >= 0.6 is 0 Å². The third kappa shape index (κ3) is 0.651. The molecule has 1 aliphatic rings. The topological polar surface area (TPSA) is 17.1 Å². The highest BCUT2D eigenvalue weighted by Crippen LogP contribution is 2.20. The molecule has 5 heavy (non-hydrogen) atoms. The molecule has 1 rings (SSSR count). The largest absolute Gasteiger partial charge is 0.217 e. The molecule has 0 spiro atoms. The van der Waals surface area contributed by atoms with Gasteiger partial charge >= 0.3 is 0 Å². The average molecular weight is 89.1 g/mol. The molecular weight excluding hydrogens is 84.1 g/mol. The Labute approximate surface area is 34.9 Å². The Hall–Kier alpha value is 0.0200. The second kappa shape index (κ2) is 1.01. The molecule has 0 aliphatic heterocycles. The Morgan fingerprint density at radius 1 is 1.60 bits per heavy atom. The standard InChI is InChI=1S/C3H5OS/c4-5-3-1-2-3/h3H,1-2H2. The van der Waals surface area contributed by atoms with Gasteiger partial charge in [0.2, 0.25) is 0 Å². The number of rotatable bonds is 1. The van der Waals surface area contributed by atoms with Gasteiger partial charge in [-0.2, -0.15) is 0 Å². The minimum Gasteiger partial charge on any atom is -0.217 e. The van der Waals surface area contributed by atoms with E-state index in [1.165, 1.54) is 0 Å². The van der Waals surface area contributed by atoms with Crippen molar-refractivity contribution >= 4 is 11.7 Å². The molecule has 0 atom stereocenters. The van der Waals surface area contributed by atoms with Crippen molar-refractivity contribution in [2.45, 2.75) is 18.1 Å². The first-order valence-electron chi connectivity index (χ1n) is 1.72. The predicted molar refractivity (Wildman–Crippen MR) is 21.2 cm³/mol. The highest BCUT2D eigenvalue weighted by Gasteiger charge is 2.20. The van der Waals surface area contributed by atoms with Crippen molar-refractivity contribution < 1.29 is 4.21 Å². The lowest BCUT2D eigenvalue weighted by Gasteiger charge is -1.55. The van der Waals surface area contributed by atoms with Crippen LogP contribution in [0.3, 0.4) is 0 Å². The molecule has 1 radical (unpaired) electrons. The SMILES string of the molecule is O=[S]C1CC1. The number of hydrogen-bond acceptors (Lipinski definition) is 1. The van der Waals surface area contributed by atoms with Crippen LogP contribution in [-0.2, 0) is 11.7 Å². The van der Waals surface area contributed by atoms with Crippen LogP contribution < -0.4 is 0 Å². The molecule has 0 bridgehead atoms. The van der Waals surface area contributed by atoms with Crippen molar-refractivity contribution in [3.8, 4) is 0 Å². The first-order valence-corrected chi connectivity index (χ1v) is 2.52. The number of hydrogen-bond donors (Lipinski definition) is 0. The second-order valence-corrected chi connectivity index (χ2v) is 2.15. The van der Waals surface area contributed by atoms with Gasteiger partial charge in [-0.3, -0.25) is 0 Å². The summed E-state index contributed by atoms with van der Waals surface area (Å²) in [6.07, 6.45) is 2.32. The summed E-state index contributed by atoms with van der Waals surface area (Å²) in [7, 11) is 0. The van der Waals surface area contributed by atoms with Gasteiger partial charge in [0.1, 0.15) is 0 Å². The van der Waals surface area contributed by atoms with Crippen LogP contribution in [0.15, 0.2) is 0 Å². The molecular formula is C3H5OS. The van der Waals surface area contributed by atoms with Gasteiger partial charge in [0.05, 0.1) is 16.9 Å². The fourth-order valence-electron chi connectivity index (χ4n) is 0.164. The Bertz CT molecular complexity index is 48.9. The minimum absolute atomic E-state index is 0.495. The van der Waals surface area contributed by atoms with Crippen molar-refractivity contribution in [3.63, 3.8) is 0 Å². The monoisotopic (exact) mass is 89.0 g/mol. The lowest BCUT2D eigenvalue weighted by atomic mass is 11.0. The van der Waals surface area contributed by atoms with E-state index in [9.17, 15) is 4.21 Å². The quantitative estimate of drug-likeness (QED) is 0.453. The van der Waals surface area contributed by atoms with Gasteiger partial charge in [-0.25, -0.2) is 4.21 Å². The maximum atomic E-state index is 9.61. The molecule has 0 aromatic heterocycles. The Kier molecular flexibility index (Phi) is 0.651. The van der Waals surface area contributed by atoms with Gasteiger partial charge in [0.15, 0.2) is 0 Å². The summed E-state index contributed by atoms with van der Waals surface area (Å²) < 4.78 is 9.61. The van der Waals surface area contributed by atoms with E-state index in [0.717, 1.165) is 24.5 Å². The highest BCUT2D eigenvalue weighted by molar-refractivity contribution is 7.66. The van der Waals surface area contributed by atoms with E-state index < -0.39 is 0 Å². The summed E-state index contributed by atoms with van der Waals surface area (Å²) >= 11 is 0.741. The van der Waals surface area contributed by atoms with E-state index >= 15 is 0 Å². The third-order valence-corrected chi connectivity index (χ3v) is 1.40. The van der Waals surface area contributed by atoms with Crippen molar-refractivity contribution in [2.24, 2.45) is 0 Å². The maximum absolute atomic E-state index is 9.61. The molecule has 0 aromatic rings. The van der Waals surface area contributed by atoms with Gasteiger partial charge in [0.25, 0.3) is 0 Å². The van der Waals surface area contributed by atoms with Crippen LogP contribution in [0.1, 0.15) is 12.8 Å². The maximum Gasteiger partial charge on any atom is 0.0621 e. The molecule has 2 heteroatoms. The van der Waals surface area contributed by atoms with E-state index in [4.69, 9.17) is 0 Å². The van der Waals surface area contributed by atoms with Crippen LogP contribution in [0.4, 0.5) is 0 Å². The molecule has 29 valence electrons. The van der Waals surface area contributed by atoms with Crippen molar-refractivity contribution in [1.29, 1.82) is 0 Å². The van der Waals surface area contributed by atoms with Gasteiger partial charge in [-0.05, 0) is 12.8 Å². The zero-order chi connectivity index (χ0) is 3.70. The van der Waals surface area contributed by atoms with Crippen LogP contribution in [0.2, 0.25) is 0 Å². The first-order chi connectivity index (χ1) is 2.43. The Morgan fingerprint density at radius 3 is 2.20 bits per heavy atom. The summed E-state index contributed by atoms with van der Waals surface area (Å²) in [5.41, 5.74) is 0. The van der Waals surface area contributed by atoms with Gasteiger partial charge < -0.3 is 0 Å². The van der Waals surface area contributed by atoms with Gasteiger partial charge in [-0.1, -0.05) is 0 Å². The van der Waals surface area contributed by atoms with Crippen LogP contribution in [0.25, 0.3) is 0 Å². The van der Waals surface area contributed by atoms with Crippen LogP contribution in [0.5, 0.6) is 0 Å². The lowest BCUT2D eigenvalue weighted by Crippen LogP contribution is -1.68. The summed E-state index contributed by atoms with van der Waals surface area (Å²) in [4.78, 5) is 0. The second-order valence-electron chi connectivity index (χ2n) is 1.30. The molecule has 1 fully saturated rings. The molecule has 0 amide bonds. The normalized spacial score (nSPS) is 22.4. The van der Waals surface area contributed by atoms with Crippen molar-refractivity contribution in [2.75, 3.05) is 0 Å². The van der Waals surface area contributed by atoms with E-state index in [2.05, 4.69) is 0 Å². The lowest BCUT2D eigenvalue weighted by molar-refractivity contribution is 0.693. The molecule has 0 unspecified atom stereocenters. The molecule has 0 aromatic carbocycles. The molecule has 0 saturated heterocycles. The smallest absolute Gasteiger partial charge is 0.0621 e. The Morgan fingerprint density at radius 2 is 2.20 bits per heavy atom. The van der Waals surface area contributed by atoms with Gasteiger partial charge in [-0.15, -0.1) is 0 Å². The molecule has 1 saturated carbocycles. The zero-order valence-corrected chi connectivity index (χ0v) is 3.62. The average Bonchev–Trinajstić information content (AvgIpc) is 2.12. The highest BCUT2D eigenvalue weighted by atomic mass is 32.1. The zero-order valence-electron chi connectivity index (χ0n) is 2.81. The molecule has 0 heterocycles. The first kappa shape index (κ1) is 3.22. The summed E-state index contributed by atoms with van der Waals surface area (Å²) in [6.45, 7) is 0. The van der Waals surface area contributed by atoms with Crippen molar-refractivity contribution in [3.05, 3.63) is 0 Å². The molecule has 0 N–H and O–H groups in total. The fraction of sp³-hybridized carbons (Fsp3) is 1.00. The summed E-state index contributed by atoms with van der Waals surface area (Å²) in [5.74, 6) is 0. The van der Waals surface area contributed by atoms with Crippen LogP contribution in [-0.4, -0.2) is 9.46 Å². The summed E-state index contributed by atoms with van der Waals surface area (Å²) in [5, 5.41) is 0.495.